The molecule has 1 atom stereocenters. The summed E-state index contributed by atoms with van der Waals surface area (Å²) in [5.41, 5.74) is 0.691. The van der Waals surface area contributed by atoms with Crippen LogP contribution in [0, 0.1) is 0 Å². The van der Waals surface area contributed by atoms with Gasteiger partial charge in [-0.15, -0.1) is 0 Å². The molecule has 0 bridgehead atoms. The highest BCUT2D eigenvalue weighted by Crippen LogP contribution is 2.26. The molecule has 1 saturated carbocycles. The average molecular weight is 290 g/mol. The Labute approximate surface area is 123 Å². The van der Waals surface area contributed by atoms with Crippen LogP contribution in [0.5, 0.6) is 11.5 Å². The van der Waals surface area contributed by atoms with Crippen molar-refractivity contribution in [1.29, 1.82) is 0 Å². The first-order chi connectivity index (χ1) is 10.1. The van der Waals surface area contributed by atoms with Gasteiger partial charge in [0.1, 0.15) is 0 Å². The molecule has 5 nitrogen and oxygen atoms in total. The van der Waals surface area contributed by atoms with E-state index >= 15 is 0 Å². The number of carbonyl (C=O) groups excluding carboxylic acids is 2. The van der Waals surface area contributed by atoms with E-state index in [-0.39, 0.29) is 11.5 Å². The number of ether oxygens (including phenoxy) is 2. The predicted molar refractivity (Wildman–Crippen MR) is 77.0 cm³/mol. The average Bonchev–Trinajstić information content (AvgIpc) is 2.49. The molecule has 0 spiro atoms. The first-order valence-corrected chi connectivity index (χ1v) is 6.88. The molecule has 1 aromatic rings. The van der Waals surface area contributed by atoms with Crippen LogP contribution >= 0.6 is 0 Å². The Morgan fingerprint density at radius 3 is 2.90 bits per heavy atom. The molecule has 2 rings (SSSR count). The number of esters is 1. The van der Waals surface area contributed by atoms with Crippen molar-refractivity contribution < 1.29 is 24.2 Å². The lowest BCUT2D eigenvalue weighted by Crippen LogP contribution is -2.29. The standard InChI is InChI=1S/C16H18O5/c1-20-15-10-11(6-8-13(15)18)7-9-16(19)21-14-5-3-2-4-12(14)17/h6-10,14,18H,2-5H2,1H3/b9-7+/t14-/m0/s1. The summed E-state index contributed by atoms with van der Waals surface area (Å²) < 4.78 is 10.1. The molecule has 1 aliphatic carbocycles. The fraction of sp³-hybridized carbons (Fsp3) is 0.375. The molecule has 1 aliphatic rings. The van der Waals surface area contributed by atoms with Crippen LogP contribution in [-0.4, -0.2) is 30.1 Å². The maximum atomic E-state index is 11.7. The number of phenolic OH excluding ortho intramolecular Hbond substituents is 1. The maximum absolute atomic E-state index is 11.7. The molecular weight excluding hydrogens is 272 g/mol. The molecular formula is C16H18O5. The molecule has 112 valence electrons. The maximum Gasteiger partial charge on any atom is 0.331 e. The topological polar surface area (TPSA) is 72.8 Å². The Bertz CT molecular complexity index is 562. The third kappa shape index (κ3) is 4.08. The molecule has 1 aromatic carbocycles. The van der Waals surface area contributed by atoms with Crippen molar-refractivity contribution in [1.82, 2.24) is 0 Å². The summed E-state index contributed by atoms with van der Waals surface area (Å²) >= 11 is 0. The lowest BCUT2D eigenvalue weighted by molar-refractivity contribution is -0.152. The largest absolute Gasteiger partial charge is 0.504 e. The normalized spacial score (nSPS) is 18.7. The van der Waals surface area contributed by atoms with Gasteiger partial charge in [-0.25, -0.2) is 4.79 Å². The van der Waals surface area contributed by atoms with E-state index in [4.69, 9.17) is 9.47 Å². The SMILES string of the molecule is COc1cc(/C=C/C(=O)O[C@H]2CCCCC2=O)ccc1O. The van der Waals surface area contributed by atoms with Gasteiger partial charge in [0.2, 0.25) is 0 Å². The molecule has 0 unspecified atom stereocenters. The number of methoxy groups -OCH3 is 1. The molecule has 0 aliphatic heterocycles. The number of carbonyl (C=O) groups is 2. The van der Waals surface area contributed by atoms with Crippen molar-refractivity contribution in [3.05, 3.63) is 29.8 Å². The molecule has 5 heteroatoms. The zero-order valence-electron chi connectivity index (χ0n) is 11.9. The first-order valence-electron chi connectivity index (χ1n) is 6.88. The quantitative estimate of drug-likeness (QED) is 0.681. The number of phenols is 1. The minimum atomic E-state index is -0.606. The second-order valence-corrected chi connectivity index (χ2v) is 4.90. The van der Waals surface area contributed by atoms with Crippen molar-refractivity contribution in [3.63, 3.8) is 0 Å². The van der Waals surface area contributed by atoms with Gasteiger partial charge in [0.25, 0.3) is 0 Å². The van der Waals surface area contributed by atoms with E-state index < -0.39 is 12.1 Å². The highest BCUT2D eigenvalue weighted by Gasteiger charge is 2.24. The van der Waals surface area contributed by atoms with Crippen LogP contribution in [0.4, 0.5) is 0 Å². The highest BCUT2D eigenvalue weighted by molar-refractivity contribution is 5.91. The van der Waals surface area contributed by atoms with Gasteiger partial charge < -0.3 is 14.6 Å². The second kappa shape index (κ2) is 6.92. The monoisotopic (exact) mass is 290 g/mol. The van der Waals surface area contributed by atoms with Crippen LogP contribution in [-0.2, 0) is 14.3 Å². The lowest BCUT2D eigenvalue weighted by Gasteiger charge is -2.19. The van der Waals surface area contributed by atoms with Crippen molar-refractivity contribution in [2.45, 2.75) is 31.8 Å². The number of hydrogen-bond donors (Lipinski definition) is 1. The Balaban J connectivity index is 1.97. The molecule has 0 radical (unpaired) electrons. The van der Waals surface area contributed by atoms with E-state index in [1.165, 1.54) is 19.3 Å². The van der Waals surface area contributed by atoms with Crippen LogP contribution < -0.4 is 4.74 Å². The zero-order valence-corrected chi connectivity index (χ0v) is 11.9. The molecule has 1 fully saturated rings. The third-order valence-electron chi connectivity index (χ3n) is 3.37. The predicted octanol–water partition coefficient (Wildman–Crippen LogP) is 2.47. The fourth-order valence-corrected chi connectivity index (χ4v) is 2.22. The first kappa shape index (κ1) is 15.1. The molecule has 0 amide bonds. The van der Waals surface area contributed by atoms with Gasteiger partial charge in [0.05, 0.1) is 7.11 Å². The van der Waals surface area contributed by atoms with Crippen molar-refractivity contribution >= 4 is 17.8 Å². The fourth-order valence-electron chi connectivity index (χ4n) is 2.22. The van der Waals surface area contributed by atoms with Crippen LogP contribution in [0.25, 0.3) is 6.08 Å². The van der Waals surface area contributed by atoms with Crippen molar-refractivity contribution in [2.75, 3.05) is 7.11 Å². The van der Waals surface area contributed by atoms with Crippen LogP contribution in [0.1, 0.15) is 31.2 Å². The minimum Gasteiger partial charge on any atom is -0.504 e. The lowest BCUT2D eigenvalue weighted by atomic mass is 9.96. The number of rotatable bonds is 4. The summed E-state index contributed by atoms with van der Waals surface area (Å²) in [6, 6.07) is 4.73. The highest BCUT2D eigenvalue weighted by atomic mass is 16.5. The van der Waals surface area contributed by atoms with Gasteiger partial charge in [-0.05, 0) is 43.0 Å². The summed E-state index contributed by atoms with van der Waals surface area (Å²) in [4.78, 5) is 23.3. The smallest absolute Gasteiger partial charge is 0.331 e. The summed E-state index contributed by atoms with van der Waals surface area (Å²) in [6.07, 6.45) is 5.08. The molecule has 0 saturated heterocycles. The Kier molecular flexibility index (Phi) is 4.98. The second-order valence-electron chi connectivity index (χ2n) is 4.90. The summed E-state index contributed by atoms with van der Waals surface area (Å²) in [7, 11) is 1.45. The summed E-state index contributed by atoms with van der Waals surface area (Å²) in [5.74, 6) is -0.186. The van der Waals surface area contributed by atoms with E-state index in [0.717, 1.165) is 12.8 Å². The van der Waals surface area contributed by atoms with E-state index in [2.05, 4.69) is 0 Å². The number of hydrogen-bond acceptors (Lipinski definition) is 5. The third-order valence-corrected chi connectivity index (χ3v) is 3.37. The molecule has 21 heavy (non-hydrogen) atoms. The van der Waals surface area contributed by atoms with Crippen LogP contribution in [0.15, 0.2) is 24.3 Å². The number of aromatic hydroxyl groups is 1. The minimum absolute atomic E-state index is 0.00528. The van der Waals surface area contributed by atoms with Crippen molar-refractivity contribution in [3.8, 4) is 11.5 Å². The van der Waals surface area contributed by atoms with E-state index in [0.29, 0.717) is 24.2 Å². The number of Topliss-reactive ketones (excluding diaryl/α,β-unsaturated/α-hetero) is 1. The van der Waals surface area contributed by atoms with Gasteiger partial charge in [0.15, 0.2) is 23.4 Å². The summed E-state index contributed by atoms with van der Waals surface area (Å²) in [6.45, 7) is 0. The Morgan fingerprint density at radius 2 is 2.19 bits per heavy atom. The Morgan fingerprint density at radius 1 is 1.38 bits per heavy atom. The van der Waals surface area contributed by atoms with Crippen molar-refractivity contribution in [2.24, 2.45) is 0 Å². The van der Waals surface area contributed by atoms with Gasteiger partial charge in [-0.2, -0.15) is 0 Å². The molecule has 0 heterocycles. The van der Waals surface area contributed by atoms with Gasteiger partial charge >= 0.3 is 5.97 Å². The van der Waals surface area contributed by atoms with E-state index in [1.54, 1.807) is 18.2 Å². The molecule has 1 N–H and O–H groups in total. The van der Waals surface area contributed by atoms with E-state index in [1.807, 2.05) is 0 Å². The van der Waals surface area contributed by atoms with Crippen LogP contribution in [0.2, 0.25) is 0 Å². The van der Waals surface area contributed by atoms with Gasteiger partial charge in [-0.1, -0.05) is 6.07 Å². The number of ketones is 1. The molecule has 0 aromatic heterocycles. The van der Waals surface area contributed by atoms with Crippen LogP contribution in [0.3, 0.4) is 0 Å². The Hall–Kier alpha value is -2.30. The van der Waals surface area contributed by atoms with Gasteiger partial charge in [-0.3, -0.25) is 4.79 Å². The summed E-state index contributed by atoms with van der Waals surface area (Å²) in [5, 5.41) is 9.48. The number of benzene rings is 1. The van der Waals surface area contributed by atoms with E-state index in [9.17, 15) is 14.7 Å². The zero-order chi connectivity index (χ0) is 15.2. The van der Waals surface area contributed by atoms with Gasteiger partial charge in [0, 0.05) is 12.5 Å².